The number of thiophene rings is 1. The third-order valence-electron chi connectivity index (χ3n) is 4.47. The fourth-order valence-electron chi connectivity index (χ4n) is 3.01. The summed E-state index contributed by atoms with van der Waals surface area (Å²) in [5.41, 5.74) is 0. The Bertz CT molecular complexity index is 608. The number of hydrogen-bond acceptors (Lipinski definition) is 4. The van der Waals surface area contributed by atoms with Crippen LogP contribution in [0.25, 0.3) is 0 Å². The van der Waals surface area contributed by atoms with Crippen molar-refractivity contribution in [2.75, 3.05) is 19.7 Å². The lowest BCUT2D eigenvalue weighted by molar-refractivity contribution is -0.132. The fourth-order valence-corrected chi connectivity index (χ4v) is 3.76. The van der Waals surface area contributed by atoms with E-state index in [9.17, 15) is 4.79 Å². The number of hydrogen-bond donors (Lipinski definition) is 0. The topological polar surface area (TPSA) is 42.4 Å². The first kappa shape index (κ1) is 17.0. The minimum absolute atomic E-state index is 0.302. The summed E-state index contributed by atoms with van der Waals surface area (Å²) in [5.74, 6) is 1.50. The van der Waals surface area contributed by atoms with Crippen molar-refractivity contribution in [3.05, 3.63) is 46.8 Å². The number of carbonyl (C=O) groups excluding carboxylic acids is 1. The summed E-state index contributed by atoms with van der Waals surface area (Å²) in [6, 6.07) is 9.91. The molecule has 0 spiro atoms. The maximum Gasteiger partial charge on any atom is 0.222 e. The number of nitrogens with zero attached hydrogens (tertiary/aromatic N) is 2. The van der Waals surface area contributed by atoms with E-state index in [2.05, 4.69) is 22.5 Å². The number of ether oxygens (including phenoxy) is 1. The summed E-state index contributed by atoms with van der Waals surface area (Å²) >= 11 is 1.77. The number of pyridine rings is 1. The van der Waals surface area contributed by atoms with E-state index in [0.29, 0.717) is 30.7 Å². The van der Waals surface area contributed by atoms with Gasteiger partial charge in [0.05, 0.1) is 6.61 Å². The maximum atomic E-state index is 12.3. The van der Waals surface area contributed by atoms with Crippen molar-refractivity contribution in [1.29, 1.82) is 0 Å². The van der Waals surface area contributed by atoms with Crippen LogP contribution in [0.5, 0.6) is 5.88 Å². The Morgan fingerprint density at radius 2 is 2.12 bits per heavy atom. The highest BCUT2D eigenvalue weighted by atomic mass is 32.1. The second-order valence-electron chi connectivity index (χ2n) is 6.24. The lowest BCUT2D eigenvalue weighted by atomic mass is 9.97. The van der Waals surface area contributed by atoms with E-state index in [1.54, 1.807) is 17.5 Å². The number of piperidine rings is 1. The van der Waals surface area contributed by atoms with Crippen LogP contribution in [0.3, 0.4) is 0 Å². The molecule has 0 unspecified atom stereocenters. The van der Waals surface area contributed by atoms with Crippen LogP contribution in [0.4, 0.5) is 0 Å². The summed E-state index contributed by atoms with van der Waals surface area (Å²) in [6.45, 7) is 2.40. The number of aromatic nitrogens is 1. The molecule has 2 aromatic rings. The van der Waals surface area contributed by atoms with Gasteiger partial charge in [-0.3, -0.25) is 4.79 Å². The molecule has 1 amide bonds. The van der Waals surface area contributed by atoms with Crippen molar-refractivity contribution in [3.63, 3.8) is 0 Å². The Labute approximate surface area is 147 Å². The van der Waals surface area contributed by atoms with Gasteiger partial charge in [0, 0.05) is 36.7 Å². The molecule has 0 N–H and O–H groups in total. The molecule has 0 atom stereocenters. The average molecular weight is 344 g/mol. The van der Waals surface area contributed by atoms with Crippen LogP contribution < -0.4 is 4.74 Å². The smallest absolute Gasteiger partial charge is 0.222 e. The van der Waals surface area contributed by atoms with Gasteiger partial charge in [0.25, 0.3) is 0 Å². The molecule has 1 aliphatic rings. The van der Waals surface area contributed by atoms with E-state index in [4.69, 9.17) is 4.74 Å². The van der Waals surface area contributed by atoms with E-state index in [0.717, 1.165) is 38.8 Å². The molecule has 24 heavy (non-hydrogen) atoms. The minimum Gasteiger partial charge on any atom is -0.477 e. The molecule has 0 bridgehead atoms. The predicted octanol–water partition coefficient (Wildman–Crippen LogP) is 3.78. The first-order chi connectivity index (χ1) is 11.8. The molecule has 128 valence electrons. The summed E-state index contributed by atoms with van der Waals surface area (Å²) < 4.78 is 5.73. The second-order valence-corrected chi connectivity index (χ2v) is 7.27. The van der Waals surface area contributed by atoms with Gasteiger partial charge in [-0.25, -0.2) is 4.98 Å². The predicted molar refractivity (Wildman–Crippen MR) is 96.3 cm³/mol. The molecule has 1 fully saturated rings. The fraction of sp³-hybridized carbons (Fsp3) is 0.474. The molecule has 2 aromatic heterocycles. The number of aryl methyl sites for hydroxylation is 1. The van der Waals surface area contributed by atoms with E-state index in [1.165, 1.54) is 4.88 Å². The molecular weight excluding hydrogens is 320 g/mol. The van der Waals surface area contributed by atoms with Gasteiger partial charge in [-0.05, 0) is 49.1 Å². The van der Waals surface area contributed by atoms with Crippen molar-refractivity contribution in [1.82, 2.24) is 9.88 Å². The molecule has 0 saturated carbocycles. The Balaban J connectivity index is 1.33. The lowest BCUT2D eigenvalue weighted by Gasteiger charge is -2.32. The van der Waals surface area contributed by atoms with Crippen molar-refractivity contribution in [2.24, 2.45) is 5.92 Å². The molecule has 5 heteroatoms. The minimum atomic E-state index is 0.302. The molecule has 4 nitrogen and oxygen atoms in total. The molecule has 1 saturated heterocycles. The van der Waals surface area contributed by atoms with Gasteiger partial charge in [-0.15, -0.1) is 11.3 Å². The van der Waals surface area contributed by atoms with Gasteiger partial charge >= 0.3 is 0 Å². The van der Waals surface area contributed by atoms with Gasteiger partial charge in [-0.2, -0.15) is 0 Å². The second kappa shape index (κ2) is 8.83. The maximum absolute atomic E-state index is 12.3. The van der Waals surface area contributed by atoms with Crippen LogP contribution in [0.1, 0.15) is 30.6 Å². The van der Waals surface area contributed by atoms with Gasteiger partial charge in [0.1, 0.15) is 0 Å². The van der Waals surface area contributed by atoms with Crippen molar-refractivity contribution in [2.45, 2.75) is 32.1 Å². The van der Waals surface area contributed by atoms with E-state index >= 15 is 0 Å². The summed E-state index contributed by atoms with van der Waals surface area (Å²) in [4.78, 5) is 19.9. The summed E-state index contributed by atoms with van der Waals surface area (Å²) in [6.07, 6.45) is 6.40. The zero-order valence-electron chi connectivity index (χ0n) is 13.9. The zero-order chi connectivity index (χ0) is 16.6. The third-order valence-corrected chi connectivity index (χ3v) is 5.40. The Hall–Kier alpha value is -1.88. The highest BCUT2D eigenvalue weighted by molar-refractivity contribution is 7.09. The van der Waals surface area contributed by atoms with Gasteiger partial charge in [0.2, 0.25) is 11.8 Å². The van der Waals surface area contributed by atoms with Crippen LogP contribution in [0, 0.1) is 5.92 Å². The molecule has 0 aliphatic carbocycles. The molecular formula is C19H24N2O2S. The van der Waals surface area contributed by atoms with Crippen LogP contribution in [-0.2, 0) is 11.2 Å². The number of likely N-dealkylation sites (tertiary alicyclic amines) is 1. The van der Waals surface area contributed by atoms with Crippen LogP contribution in [-0.4, -0.2) is 35.5 Å². The highest BCUT2D eigenvalue weighted by Gasteiger charge is 2.23. The molecule has 3 rings (SSSR count). The monoisotopic (exact) mass is 344 g/mol. The molecule has 0 radical (unpaired) electrons. The third kappa shape index (κ3) is 5.06. The summed E-state index contributed by atoms with van der Waals surface area (Å²) in [5, 5.41) is 2.09. The van der Waals surface area contributed by atoms with Gasteiger partial charge in [-0.1, -0.05) is 12.1 Å². The van der Waals surface area contributed by atoms with Gasteiger partial charge in [0.15, 0.2) is 0 Å². The summed E-state index contributed by atoms with van der Waals surface area (Å²) in [7, 11) is 0. The molecule has 1 aliphatic heterocycles. The molecule has 0 aromatic carbocycles. The van der Waals surface area contributed by atoms with Crippen molar-refractivity contribution < 1.29 is 9.53 Å². The number of carbonyl (C=O) groups is 1. The quantitative estimate of drug-likeness (QED) is 0.767. The van der Waals surface area contributed by atoms with Crippen LogP contribution in [0.2, 0.25) is 0 Å². The normalized spacial score (nSPS) is 15.4. The molecule has 3 heterocycles. The first-order valence-corrected chi connectivity index (χ1v) is 9.53. The lowest BCUT2D eigenvalue weighted by Crippen LogP contribution is -2.39. The highest BCUT2D eigenvalue weighted by Crippen LogP contribution is 2.20. The SMILES string of the molecule is O=C(CCCc1cccs1)N1CCC(COc2ccccn2)CC1. The van der Waals surface area contributed by atoms with E-state index in [1.807, 2.05) is 23.1 Å². The Morgan fingerprint density at radius 1 is 1.25 bits per heavy atom. The van der Waals surface area contributed by atoms with E-state index < -0.39 is 0 Å². The zero-order valence-corrected chi connectivity index (χ0v) is 14.7. The average Bonchev–Trinajstić information content (AvgIpc) is 3.15. The number of amides is 1. The van der Waals surface area contributed by atoms with Crippen molar-refractivity contribution >= 4 is 17.2 Å². The first-order valence-electron chi connectivity index (χ1n) is 8.65. The van der Waals surface area contributed by atoms with Crippen LogP contribution in [0.15, 0.2) is 41.9 Å². The van der Waals surface area contributed by atoms with Crippen molar-refractivity contribution in [3.8, 4) is 5.88 Å². The Kier molecular flexibility index (Phi) is 6.24. The van der Waals surface area contributed by atoms with Gasteiger partial charge < -0.3 is 9.64 Å². The largest absolute Gasteiger partial charge is 0.477 e. The standard InChI is InChI=1S/C19H24N2O2S/c22-19(8-3-5-17-6-4-14-24-17)21-12-9-16(10-13-21)15-23-18-7-1-2-11-20-18/h1-2,4,6-7,11,14,16H,3,5,8-10,12-13,15H2. The van der Waals surface area contributed by atoms with Crippen LogP contribution >= 0.6 is 11.3 Å². The van der Waals surface area contributed by atoms with E-state index in [-0.39, 0.29) is 0 Å². The number of rotatable bonds is 7. The Morgan fingerprint density at radius 3 is 2.83 bits per heavy atom.